The second-order valence-corrected chi connectivity index (χ2v) is 7.18. The van der Waals surface area contributed by atoms with Gasteiger partial charge in [0.25, 0.3) is 0 Å². The van der Waals surface area contributed by atoms with Crippen molar-refractivity contribution in [3.8, 4) is 0 Å². The molecule has 140 valence electrons. The maximum absolute atomic E-state index is 4.68. The monoisotopic (exact) mass is 363 g/mol. The highest BCUT2D eigenvalue weighted by atomic mass is 15.2. The highest BCUT2D eigenvalue weighted by Gasteiger charge is 2.25. The molecule has 1 atom stereocenters. The van der Waals surface area contributed by atoms with E-state index in [4.69, 9.17) is 0 Å². The average Bonchev–Trinajstić information content (AvgIpc) is 3.09. The van der Waals surface area contributed by atoms with Gasteiger partial charge in [-0.3, -0.25) is 14.6 Å². The largest absolute Gasteiger partial charge is 0.323 e. The van der Waals surface area contributed by atoms with Gasteiger partial charge in [0.05, 0.1) is 11.9 Å². The summed E-state index contributed by atoms with van der Waals surface area (Å²) in [5.74, 6) is 2.01. The molecule has 1 aliphatic heterocycles. The molecule has 1 saturated heterocycles. The topological polar surface area (TPSA) is 71.8 Å². The molecule has 0 unspecified atom stereocenters. The predicted octanol–water partition coefficient (Wildman–Crippen LogP) is 3.04. The Morgan fingerprint density at radius 2 is 2.00 bits per heavy atom. The smallest absolute Gasteiger partial charge is 0.153 e. The number of rotatable bonds is 5. The van der Waals surface area contributed by atoms with Crippen molar-refractivity contribution in [3.05, 3.63) is 59.9 Å². The van der Waals surface area contributed by atoms with Gasteiger partial charge in [-0.15, -0.1) is 0 Å². The number of nitrogens with one attached hydrogen (secondary N) is 1. The minimum atomic E-state index is 0.357. The standard InChI is InChI=1S/C20H25N7/c1-15-5-3-7-22-19(15)25-20-18(21-8-9-23-20)17-6-4-10-27(14-17)13-16-11-24-26(2)12-16/h3,5,7-9,11-12,17H,4,6,10,13-14H2,1-2H3,(H,22,23,25)/t17-/m0/s1. The van der Waals surface area contributed by atoms with Crippen LogP contribution in [0.2, 0.25) is 0 Å². The number of hydrogen-bond donors (Lipinski definition) is 1. The van der Waals surface area contributed by atoms with Crippen LogP contribution in [0.25, 0.3) is 0 Å². The third-order valence-electron chi connectivity index (χ3n) is 5.03. The molecule has 0 bridgehead atoms. The third kappa shape index (κ3) is 4.14. The zero-order valence-electron chi connectivity index (χ0n) is 15.8. The molecular weight excluding hydrogens is 338 g/mol. The first kappa shape index (κ1) is 17.6. The van der Waals surface area contributed by atoms with Crippen molar-refractivity contribution in [1.29, 1.82) is 0 Å². The zero-order chi connectivity index (χ0) is 18.6. The molecule has 3 aromatic rings. The molecule has 3 aromatic heterocycles. The van der Waals surface area contributed by atoms with E-state index in [2.05, 4.69) is 36.5 Å². The van der Waals surface area contributed by atoms with Crippen molar-refractivity contribution in [1.82, 2.24) is 29.6 Å². The molecule has 4 heterocycles. The lowest BCUT2D eigenvalue weighted by Crippen LogP contribution is -2.34. The van der Waals surface area contributed by atoms with Crippen LogP contribution in [0.4, 0.5) is 11.6 Å². The Hall–Kier alpha value is -2.80. The highest BCUT2D eigenvalue weighted by Crippen LogP contribution is 2.31. The van der Waals surface area contributed by atoms with E-state index >= 15 is 0 Å². The van der Waals surface area contributed by atoms with Gasteiger partial charge in [0.1, 0.15) is 5.82 Å². The molecule has 7 nitrogen and oxygen atoms in total. The van der Waals surface area contributed by atoms with Crippen molar-refractivity contribution in [2.24, 2.45) is 7.05 Å². The lowest BCUT2D eigenvalue weighted by Gasteiger charge is -2.32. The molecular formula is C20H25N7. The maximum atomic E-state index is 4.68. The van der Waals surface area contributed by atoms with Gasteiger partial charge in [-0.25, -0.2) is 9.97 Å². The van der Waals surface area contributed by atoms with E-state index in [1.54, 1.807) is 18.6 Å². The molecule has 1 fully saturated rings. The Morgan fingerprint density at radius 3 is 2.81 bits per heavy atom. The molecule has 7 heteroatoms. The molecule has 4 rings (SSSR count). The second kappa shape index (κ2) is 7.84. The summed E-state index contributed by atoms with van der Waals surface area (Å²) in [6, 6.07) is 3.98. The fraction of sp³-hybridized carbons (Fsp3) is 0.400. The third-order valence-corrected chi connectivity index (χ3v) is 5.03. The van der Waals surface area contributed by atoms with Crippen LogP contribution in [0, 0.1) is 6.92 Å². The van der Waals surface area contributed by atoms with Crippen LogP contribution in [-0.4, -0.2) is 42.7 Å². The number of aryl methyl sites for hydroxylation is 2. The summed E-state index contributed by atoms with van der Waals surface area (Å²) < 4.78 is 1.86. The van der Waals surface area contributed by atoms with Crippen LogP contribution in [0.3, 0.4) is 0 Å². The molecule has 0 aliphatic carbocycles. The van der Waals surface area contributed by atoms with Crippen LogP contribution < -0.4 is 5.32 Å². The van der Waals surface area contributed by atoms with E-state index in [1.165, 1.54) is 5.56 Å². The number of piperidine rings is 1. The van der Waals surface area contributed by atoms with Crippen molar-refractivity contribution in [2.75, 3.05) is 18.4 Å². The van der Waals surface area contributed by atoms with Crippen LogP contribution in [0.15, 0.2) is 43.1 Å². The van der Waals surface area contributed by atoms with Gasteiger partial charge in [0, 0.05) is 56.4 Å². The number of pyridine rings is 1. The lowest BCUT2D eigenvalue weighted by atomic mass is 9.94. The predicted molar refractivity (Wildman–Crippen MR) is 105 cm³/mol. The van der Waals surface area contributed by atoms with Crippen LogP contribution >= 0.6 is 0 Å². The number of nitrogens with zero attached hydrogens (tertiary/aromatic N) is 6. The Bertz CT molecular complexity index is 905. The van der Waals surface area contributed by atoms with Gasteiger partial charge < -0.3 is 5.32 Å². The van der Waals surface area contributed by atoms with Crippen LogP contribution in [0.5, 0.6) is 0 Å². The van der Waals surface area contributed by atoms with E-state index in [0.717, 1.165) is 55.4 Å². The van der Waals surface area contributed by atoms with Crippen molar-refractivity contribution in [2.45, 2.75) is 32.2 Å². The van der Waals surface area contributed by atoms with Gasteiger partial charge in [0.2, 0.25) is 0 Å². The first-order chi connectivity index (χ1) is 13.2. The number of aromatic nitrogens is 5. The Morgan fingerprint density at radius 1 is 1.15 bits per heavy atom. The maximum Gasteiger partial charge on any atom is 0.153 e. The van der Waals surface area contributed by atoms with E-state index in [9.17, 15) is 0 Å². The van der Waals surface area contributed by atoms with Gasteiger partial charge in [0.15, 0.2) is 5.82 Å². The first-order valence-electron chi connectivity index (χ1n) is 9.38. The normalized spacial score (nSPS) is 17.8. The van der Waals surface area contributed by atoms with E-state index in [1.807, 2.05) is 37.0 Å². The van der Waals surface area contributed by atoms with Crippen molar-refractivity contribution >= 4 is 11.6 Å². The SMILES string of the molecule is Cc1cccnc1Nc1nccnc1[C@H]1CCCN(Cc2cnn(C)c2)C1. The summed E-state index contributed by atoms with van der Waals surface area (Å²) >= 11 is 0. The minimum absolute atomic E-state index is 0.357. The first-order valence-corrected chi connectivity index (χ1v) is 9.38. The quantitative estimate of drug-likeness (QED) is 0.751. The minimum Gasteiger partial charge on any atom is -0.323 e. The molecule has 1 aliphatic rings. The summed E-state index contributed by atoms with van der Waals surface area (Å²) in [7, 11) is 1.96. The summed E-state index contributed by atoms with van der Waals surface area (Å²) in [6.07, 6.45) is 11.6. The lowest BCUT2D eigenvalue weighted by molar-refractivity contribution is 0.198. The fourth-order valence-electron chi connectivity index (χ4n) is 3.71. The molecule has 0 radical (unpaired) electrons. The molecule has 27 heavy (non-hydrogen) atoms. The molecule has 0 spiro atoms. The Labute approximate surface area is 159 Å². The van der Waals surface area contributed by atoms with Crippen molar-refractivity contribution in [3.63, 3.8) is 0 Å². The molecule has 0 aromatic carbocycles. The van der Waals surface area contributed by atoms with Crippen LogP contribution in [0.1, 0.15) is 35.6 Å². The molecule has 0 saturated carbocycles. The summed E-state index contributed by atoms with van der Waals surface area (Å²) in [6.45, 7) is 5.05. The van der Waals surface area contributed by atoms with Crippen LogP contribution in [-0.2, 0) is 13.6 Å². The van der Waals surface area contributed by atoms with Gasteiger partial charge in [-0.1, -0.05) is 6.07 Å². The van der Waals surface area contributed by atoms with Gasteiger partial charge in [-0.2, -0.15) is 5.10 Å². The second-order valence-electron chi connectivity index (χ2n) is 7.18. The average molecular weight is 363 g/mol. The summed E-state index contributed by atoms with van der Waals surface area (Å²) in [4.78, 5) is 16.2. The Kier molecular flexibility index (Phi) is 5.11. The Balaban J connectivity index is 1.51. The van der Waals surface area contributed by atoms with E-state index in [0.29, 0.717) is 5.92 Å². The molecule has 1 N–H and O–H groups in total. The fourth-order valence-corrected chi connectivity index (χ4v) is 3.71. The highest BCUT2D eigenvalue weighted by molar-refractivity contribution is 5.57. The zero-order valence-corrected chi connectivity index (χ0v) is 15.8. The van der Waals surface area contributed by atoms with Gasteiger partial charge in [-0.05, 0) is 37.9 Å². The number of anilines is 2. The number of likely N-dealkylation sites (tertiary alicyclic amines) is 1. The summed E-state index contributed by atoms with van der Waals surface area (Å²) in [5.41, 5.74) is 3.37. The van der Waals surface area contributed by atoms with E-state index in [-0.39, 0.29) is 0 Å². The van der Waals surface area contributed by atoms with Gasteiger partial charge >= 0.3 is 0 Å². The molecule has 0 amide bonds. The summed E-state index contributed by atoms with van der Waals surface area (Å²) in [5, 5.41) is 7.67. The van der Waals surface area contributed by atoms with Crippen molar-refractivity contribution < 1.29 is 0 Å². The number of hydrogen-bond acceptors (Lipinski definition) is 6. The van der Waals surface area contributed by atoms with E-state index < -0.39 is 0 Å².